The number of amidine groups is 1. The van der Waals surface area contributed by atoms with Crippen LogP contribution in [0.3, 0.4) is 0 Å². The summed E-state index contributed by atoms with van der Waals surface area (Å²) in [4.78, 5) is 44.8. The number of allylic oxidation sites excluding steroid dienone is 1. The Balaban J connectivity index is 2.00. The van der Waals surface area contributed by atoms with Crippen molar-refractivity contribution in [1.82, 2.24) is 15.1 Å². The van der Waals surface area contributed by atoms with Gasteiger partial charge in [-0.2, -0.15) is 0 Å². The molecule has 1 aromatic carbocycles. The molecule has 0 radical (unpaired) electrons. The smallest absolute Gasteiger partial charge is 0.338 e. The predicted octanol–water partition coefficient (Wildman–Crippen LogP) is 2.80. The molecule has 176 valence electrons. The summed E-state index contributed by atoms with van der Waals surface area (Å²) in [6.07, 6.45) is 0.564. The van der Waals surface area contributed by atoms with Crippen LogP contribution >= 0.6 is 11.8 Å². The zero-order valence-electron chi connectivity index (χ0n) is 19.0. The van der Waals surface area contributed by atoms with Crippen LogP contribution in [-0.2, 0) is 14.3 Å². The number of fused-ring (bicyclic) bond motifs is 1. The Labute approximate surface area is 196 Å². The van der Waals surface area contributed by atoms with Crippen molar-refractivity contribution in [2.75, 3.05) is 34.3 Å². The van der Waals surface area contributed by atoms with Gasteiger partial charge >= 0.3 is 5.97 Å². The molecule has 0 fully saturated rings. The average Bonchev–Trinajstić information content (AvgIpc) is 3.19. The number of aliphatic imine (C=N–C) groups is 1. The number of ether oxygens (including phenoxy) is 1. The molecule has 0 saturated heterocycles. The van der Waals surface area contributed by atoms with Crippen molar-refractivity contribution in [3.8, 4) is 0 Å². The van der Waals surface area contributed by atoms with Gasteiger partial charge in [-0.15, -0.1) is 0 Å². The minimum Gasteiger partial charge on any atom is -0.466 e. The SMILES string of the molecule is CCC1=C(C(=O)OC)C(c2cccc([N+](=O)[O-])c2)N2C(CC(=O)NCCN(C)C)=CSC2=N1. The van der Waals surface area contributed by atoms with Crippen molar-refractivity contribution in [1.29, 1.82) is 0 Å². The Morgan fingerprint density at radius 1 is 1.36 bits per heavy atom. The molecule has 1 N–H and O–H groups in total. The monoisotopic (exact) mass is 473 g/mol. The number of hydrogen-bond acceptors (Lipinski definition) is 9. The van der Waals surface area contributed by atoms with E-state index in [0.29, 0.717) is 47.2 Å². The standard InChI is InChI=1S/C22H27N5O5S/c1-5-17-19(21(29)32-4)20(14-7-6-8-15(11-14)27(30)31)26-16(13-33-22(26)24-17)12-18(28)23-9-10-25(2)3/h6-8,11,13,20H,5,9-10,12H2,1-4H3,(H,23,28). The van der Waals surface area contributed by atoms with E-state index in [0.717, 1.165) is 0 Å². The molecule has 11 heteroatoms. The van der Waals surface area contributed by atoms with Gasteiger partial charge in [0.05, 0.1) is 35.8 Å². The molecule has 0 aliphatic carbocycles. The first kappa shape index (κ1) is 24.5. The van der Waals surface area contributed by atoms with E-state index in [1.807, 2.05) is 31.3 Å². The number of nitro benzene ring substituents is 1. The van der Waals surface area contributed by atoms with Crippen LogP contribution in [0, 0.1) is 10.1 Å². The van der Waals surface area contributed by atoms with Gasteiger partial charge in [0.2, 0.25) is 5.91 Å². The molecule has 1 unspecified atom stereocenters. The number of amides is 1. The number of non-ortho nitro benzene ring substituents is 1. The van der Waals surface area contributed by atoms with E-state index in [-0.39, 0.29) is 18.0 Å². The van der Waals surface area contributed by atoms with Crippen LogP contribution in [0.2, 0.25) is 0 Å². The Morgan fingerprint density at radius 2 is 2.12 bits per heavy atom. The van der Waals surface area contributed by atoms with Crippen LogP contribution < -0.4 is 5.32 Å². The third-order valence-electron chi connectivity index (χ3n) is 5.25. The second kappa shape index (κ2) is 10.6. The van der Waals surface area contributed by atoms with E-state index in [1.165, 1.54) is 31.0 Å². The van der Waals surface area contributed by atoms with E-state index >= 15 is 0 Å². The van der Waals surface area contributed by atoms with Crippen molar-refractivity contribution < 1.29 is 19.2 Å². The first-order valence-corrected chi connectivity index (χ1v) is 11.4. The Bertz CT molecular complexity index is 1050. The second-order valence-electron chi connectivity index (χ2n) is 7.78. The van der Waals surface area contributed by atoms with Gasteiger partial charge in [-0.25, -0.2) is 9.79 Å². The molecule has 1 amide bonds. The lowest BCUT2D eigenvalue weighted by atomic mass is 9.92. The summed E-state index contributed by atoms with van der Waals surface area (Å²) in [6.45, 7) is 3.10. The number of carbonyl (C=O) groups excluding carboxylic acids is 2. The molecular weight excluding hydrogens is 446 g/mol. The number of benzene rings is 1. The molecule has 33 heavy (non-hydrogen) atoms. The van der Waals surface area contributed by atoms with Crippen molar-refractivity contribution in [3.63, 3.8) is 0 Å². The fourth-order valence-electron chi connectivity index (χ4n) is 3.68. The summed E-state index contributed by atoms with van der Waals surface area (Å²) in [7, 11) is 5.14. The Kier molecular flexibility index (Phi) is 7.88. The molecule has 2 aliphatic rings. The predicted molar refractivity (Wildman–Crippen MR) is 126 cm³/mol. The van der Waals surface area contributed by atoms with Gasteiger partial charge < -0.3 is 19.9 Å². The van der Waals surface area contributed by atoms with Crippen molar-refractivity contribution in [2.45, 2.75) is 25.8 Å². The summed E-state index contributed by atoms with van der Waals surface area (Å²) in [5, 5.41) is 16.7. The lowest BCUT2D eigenvalue weighted by molar-refractivity contribution is -0.384. The van der Waals surface area contributed by atoms with E-state index in [4.69, 9.17) is 4.74 Å². The summed E-state index contributed by atoms with van der Waals surface area (Å²) < 4.78 is 5.05. The van der Waals surface area contributed by atoms with Gasteiger partial charge in [0.1, 0.15) is 0 Å². The zero-order valence-corrected chi connectivity index (χ0v) is 19.8. The molecule has 1 aromatic rings. The van der Waals surface area contributed by atoms with Gasteiger partial charge in [-0.3, -0.25) is 14.9 Å². The Hall–Kier alpha value is -3.18. The van der Waals surface area contributed by atoms with E-state index in [9.17, 15) is 19.7 Å². The first-order chi connectivity index (χ1) is 15.8. The fraction of sp³-hybridized carbons (Fsp3) is 0.409. The summed E-state index contributed by atoms with van der Waals surface area (Å²) >= 11 is 1.36. The quantitative estimate of drug-likeness (QED) is 0.331. The lowest BCUT2D eigenvalue weighted by Gasteiger charge is -2.36. The van der Waals surface area contributed by atoms with Gasteiger partial charge in [0.15, 0.2) is 5.17 Å². The highest BCUT2D eigenvalue weighted by atomic mass is 32.2. The molecule has 0 spiro atoms. The van der Waals surface area contributed by atoms with Crippen molar-refractivity contribution in [2.24, 2.45) is 4.99 Å². The normalized spacial score (nSPS) is 17.5. The van der Waals surface area contributed by atoms with Crippen LogP contribution in [0.15, 0.2) is 51.6 Å². The Morgan fingerprint density at radius 3 is 2.76 bits per heavy atom. The van der Waals surface area contributed by atoms with Gasteiger partial charge in [-0.1, -0.05) is 30.8 Å². The van der Waals surface area contributed by atoms with Gasteiger partial charge in [0.25, 0.3) is 5.69 Å². The highest BCUT2D eigenvalue weighted by Gasteiger charge is 2.41. The summed E-state index contributed by atoms with van der Waals surface area (Å²) in [5.74, 6) is -0.717. The van der Waals surface area contributed by atoms with E-state index in [2.05, 4.69) is 10.3 Å². The molecule has 0 aromatic heterocycles. The molecule has 3 rings (SSSR count). The summed E-state index contributed by atoms with van der Waals surface area (Å²) in [6, 6.07) is 5.46. The maximum absolute atomic E-state index is 12.8. The van der Waals surface area contributed by atoms with Crippen molar-refractivity contribution in [3.05, 3.63) is 62.3 Å². The number of hydrogen-bond donors (Lipinski definition) is 1. The third-order valence-corrected chi connectivity index (χ3v) is 6.14. The molecule has 2 aliphatic heterocycles. The fourth-order valence-corrected chi connectivity index (χ4v) is 4.62. The number of rotatable bonds is 9. The molecule has 10 nitrogen and oxygen atoms in total. The van der Waals surface area contributed by atoms with Crippen LogP contribution in [-0.4, -0.2) is 66.1 Å². The highest BCUT2D eigenvalue weighted by Crippen LogP contribution is 2.45. The number of likely N-dealkylation sites (N-methyl/N-ethyl adjacent to an activating group) is 1. The van der Waals surface area contributed by atoms with E-state index in [1.54, 1.807) is 17.0 Å². The maximum atomic E-state index is 12.8. The topological polar surface area (TPSA) is 117 Å². The molecule has 1 atom stereocenters. The number of methoxy groups -OCH3 is 1. The average molecular weight is 474 g/mol. The molecule has 0 bridgehead atoms. The zero-order chi connectivity index (χ0) is 24.1. The molecule has 2 heterocycles. The van der Waals surface area contributed by atoms with Gasteiger partial charge in [-0.05, 0) is 31.5 Å². The minimum atomic E-state index is -0.698. The molecular formula is C22H27N5O5S. The van der Waals surface area contributed by atoms with Crippen LogP contribution in [0.4, 0.5) is 5.69 Å². The van der Waals surface area contributed by atoms with Crippen LogP contribution in [0.25, 0.3) is 0 Å². The van der Waals surface area contributed by atoms with Crippen LogP contribution in [0.1, 0.15) is 31.4 Å². The number of thioether (sulfide) groups is 1. The number of nitrogens with one attached hydrogen (secondary N) is 1. The molecule has 0 saturated carbocycles. The van der Waals surface area contributed by atoms with E-state index < -0.39 is 16.9 Å². The maximum Gasteiger partial charge on any atom is 0.338 e. The van der Waals surface area contributed by atoms with Crippen LogP contribution in [0.5, 0.6) is 0 Å². The van der Waals surface area contributed by atoms with Crippen molar-refractivity contribution >= 4 is 34.5 Å². The summed E-state index contributed by atoms with van der Waals surface area (Å²) in [5.41, 5.74) is 1.99. The highest BCUT2D eigenvalue weighted by molar-refractivity contribution is 8.16. The minimum absolute atomic E-state index is 0.0841. The lowest BCUT2D eigenvalue weighted by Crippen LogP contribution is -2.38. The number of nitro groups is 1. The largest absolute Gasteiger partial charge is 0.466 e. The number of esters is 1. The number of nitrogens with zero attached hydrogens (tertiary/aromatic N) is 4. The third kappa shape index (κ3) is 5.42. The second-order valence-corrected chi connectivity index (χ2v) is 8.62. The number of carbonyl (C=O) groups is 2. The van der Waals surface area contributed by atoms with Gasteiger partial charge in [0, 0.05) is 30.9 Å². The first-order valence-electron chi connectivity index (χ1n) is 10.5.